The van der Waals surface area contributed by atoms with Crippen molar-refractivity contribution in [2.45, 2.75) is 18.6 Å². The average Bonchev–Trinajstić information content (AvgIpc) is 2.53. The summed E-state index contributed by atoms with van der Waals surface area (Å²) in [7, 11) is 0. The Morgan fingerprint density at radius 3 is 2.24 bits per heavy atom. The summed E-state index contributed by atoms with van der Waals surface area (Å²) in [4.78, 5) is 29.9. The van der Waals surface area contributed by atoms with Gasteiger partial charge < -0.3 is 0 Å². The number of aromatic nitrogens is 2. The number of carbonyl (C=O) groups excluding carboxylic acids is 1. The van der Waals surface area contributed by atoms with Gasteiger partial charge in [0, 0.05) is 40.1 Å². The summed E-state index contributed by atoms with van der Waals surface area (Å²) in [6, 6.07) is 7.15. The fraction of sp³-hybridized carbons (Fsp3) is 0.267. The summed E-state index contributed by atoms with van der Waals surface area (Å²) in [5, 5.41) is 0. The standard InChI is InChI=1S/C15H15N3O2S/c1-11(2)15(21-18-20,14-7-16-10-17-8-14)13-5-3-12(9-19)4-6-13/h3-11H,1-2H3. The van der Waals surface area contributed by atoms with E-state index in [9.17, 15) is 9.70 Å². The monoisotopic (exact) mass is 301 g/mol. The van der Waals surface area contributed by atoms with Gasteiger partial charge in [0.25, 0.3) is 0 Å². The van der Waals surface area contributed by atoms with E-state index in [0.29, 0.717) is 5.56 Å². The lowest BCUT2D eigenvalue weighted by atomic mass is 9.82. The van der Waals surface area contributed by atoms with E-state index in [4.69, 9.17) is 0 Å². The molecule has 0 bridgehead atoms. The van der Waals surface area contributed by atoms with Crippen LogP contribution in [0.4, 0.5) is 0 Å². The number of aldehydes is 1. The molecule has 0 saturated carbocycles. The number of benzene rings is 1. The molecule has 1 atom stereocenters. The van der Waals surface area contributed by atoms with Crippen LogP contribution >= 0.6 is 11.9 Å². The molecule has 1 aromatic heterocycles. The molecule has 0 spiro atoms. The van der Waals surface area contributed by atoms with Gasteiger partial charge in [-0.1, -0.05) is 38.1 Å². The summed E-state index contributed by atoms with van der Waals surface area (Å²) >= 11 is 0.953. The summed E-state index contributed by atoms with van der Waals surface area (Å²) in [5.74, 6) is 0.0771. The van der Waals surface area contributed by atoms with E-state index >= 15 is 0 Å². The van der Waals surface area contributed by atoms with E-state index in [0.717, 1.165) is 29.4 Å². The van der Waals surface area contributed by atoms with Crippen molar-refractivity contribution in [1.82, 2.24) is 9.97 Å². The fourth-order valence-corrected chi connectivity index (χ4v) is 3.18. The molecule has 21 heavy (non-hydrogen) atoms. The molecule has 5 nitrogen and oxygen atoms in total. The quantitative estimate of drug-likeness (QED) is 0.463. The van der Waals surface area contributed by atoms with Gasteiger partial charge in [0.2, 0.25) is 0 Å². The molecular formula is C15H15N3O2S. The number of nitrogens with zero attached hydrogens (tertiary/aromatic N) is 3. The van der Waals surface area contributed by atoms with E-state index in [-0.39, 0.29) is 5.92 Å². The summed E-state index contributed by atoms with van der Waals surface area (Å²) in [6.45, 7) is 4.03. The molecule has 2 rings (SSSR count). The molecule has 108 valence electrons. The summed E-state index contributed by atoms with van der Waals surface area (Å²) in [5.41, 5.74) is 2.29. The first kappa shape index (κ1) is 15.3. The summed E-state index contributed by atoms with van der Waals surface area (Å²) < 4.78 is 2.39. The largest absolute Gasteiger partial charge is 0.298 e. The minimum absolute atomic E-state index is 0.0771. The number of carbonyl (C=O) groups is 1. The Morgan fingerprint density at radius 1 is 1.14 bits per heavy atom. The van der Waals surface area contributed by atoms with Gasteiger partial charge in [0.05, 0.1) is 4.75 Å². The minimum atomic E-state index is -0.676. The predicted octanol–water partition coefficient (Wildman–Crippen LogP) is 3.60. The van der Waals surface area contributed by atoms with E-state index in [2.05, 4.69) is 14.6 Å². The molecule has 0 fully saturated rings. The van der Waals surface area contributed by atoms with Gasteiger partial charge in [-0.05, 0) is 11.5 Å². The van der Waals surface area contributed by atoms with Crippen LogP contribution in [0.25, 0.3) is 0 Å². The number of hydrogen-bond acceptors (Lipinski definition) is 6. The normalized spacial score (nSPS) is 13.7. The highest BCUT2D eigenvalue weighted by molar-refractivity contribution is 7.99. The predicted molar refractivity (Wildman–Crippen MR) is 82.9 cm³/mol. The number of nitroso groups, excluding NO2 is 1. The Hall–Kier alpha value is -2.08. The van der Waals surface area contributed by atoms with Crippen molar-refractivity contribution >= 4 is 18.2 Å². The molecule has 1 unspecified atom stereocenters. The third kappa shape index (κ3) is 2.85. The zero-order valence-electron chi connectivity index (χ0n) is 11.8. The molecule has 0 aliphatic carbocycles. The highest BCUT2D eigenvalue weighted by Crippen LogP contribution is 2.48. The van der Waals surface area contributed by atoms with Gasteiger partial charge in [-0.15, -0.1) is 4.91 Å². The Bertz CT molecular complexity index is 617. The lowest BCUT2D eigenvalue weighted by Crippen LogP contribution is -2.30. The van der Waals surface area contributed by atoms with Crippen molar-refractivity contribution < 1.29 is 4.79 Å². The van der Waals surface area contributed by atoms with E-state index in [1.54, 1.807) is 24.5 Å². The third-order valence-corrected chi connectivity index (χ3v) is 4.76. The summed E-state index contributed by atoms with van der Waals surface area (Å²) in [6.07, 6.45) is 5.62. The van der Waals surface area contributed by atoms with Gasteiger partial charge in [-0.3, -0.25) is 4.79 Å². The van der Waals surface area contributed by atoms with Gasteiger partial charge >= 0.3 is 0 Å². The van der Waals surface area contributed by atoms with Crippen LogP contribution in [0.15, 0.2) is 47.6 Å². The van der Waals surface area contributed by atoms with Crippen LogP contribution in [0.2, 0.25) is 0 Å². The molecule has 0 saturated heterocycles. The Balaban J connectivity index is 2.63. The van der Waals surface area contributed by atoms with Crippen LogP contribution in [-0.4, -0.2) is 16.3 Å². The number of hydrogen-bond donors (Lipinski definition) is 0. The average molecular weight is 301 g/mol. The number of rotatable bonds is 6. The van der Waals surface area contributed by atoms with Crippen molar-refractivity contribution in [1.29, 1.82) is 0 Å². The first-order valence-corrected chi connectivity index (χ1v) is 7.24. The molecule has 1 aromatic carbocycles. The Kier molecular flexibility index (Phi) is 4.80. The second kappa shape index (κ2) is 6.58. The van der Waals surface area contributed by atoms with Crippen molar-refractivity contribution in [2.75, 3.05) is 0 Å². The van der Waals surface area contributed by atoms with Crippen LogP contribution < -0.4 is 0 Å². The van der Waals surface area contributed by atoms with Crippen LogP contribution in [0.1, 0.15) is 35.3 Å². The first-order valence-electron chi connectivity index (χ1n) is 6.47. The van der Waals surface area contributed by atoms with E-state index in [1.807, 2.05) is 26.0 Å². The van der Waals surface area contributed by atoms with Gasteiger partial charge in [0.1, 0.15) is 12.6 Å². The van der Waals surface area contributed by atoms with Crippen molar-refractivity contribution in [3.8, 4) is 0 Å². The second-order valence-electron chi connectivity index (χ2n) is 4.92. The Morgan fingerprint density at radius 2 is 1.76 bits per heavy atom. The highest BCUT2D eigenvalue weighted by atomic mass is 32.2. The lowest BCUT2D eigenvalue weighted by Gasteiger charge is -2.34. The molecule has 0 aliphatic rings. The maximum absolute atomic E-state index is 11.0. The second-order valence-corrected chi connectivity index (χ2v) is 5.90. The maximum Gasteiger partial charge on any atom is 0.150 e. The van der Waals surface area contributed by atoms with Crippen molar-refractivity contribution in [2.24, 2.45) is 10.5 Å². The minimum Gasteiger partial charge on any atom is -0.298 e. The topological polar surface area (TPSA) is 72.3 Å². The molecule has 0 amide bonds. The fourth-order valence-electron chi connectivity index (χ4n) is 2.40. The SMILES string of the molecule is CC(C)C(SN=O)(c1ccc(C=O)cc1)c1cncnc1. The van der Waals surface area contributed by atoms with Gasteiger partial charge in [-0.25, -0.2) is 9.97 Å². The highest BCUT2D eigenvalue weighted by Gasteiger charge is 2.40. The molecule has 0 N–H and O–H groups in total. The first-order chi connectivity index (χ1) is 10.1. The Labute approximate surface area is 127 Å². The van der Waals surface area contributed by atoms with Crippen LogP contribution in [-0.2, 0) is 4.75 Å². The molecule has 1 heterocycles. The van der Waals surface area contributed by atoms with Crippen LogP contribution in [0.5, 0.6) is 0 Å². The van der Waals surface area contributed by atoms with Crippen LogP contribution in [0.3, 0.4) is 0 Å². The van der Waals surface area contributed by atoms with E-state index in [1.165, 1.54) is 6.33 Å². The molecule has 6 heteroatoms. The molecule has 0 aliphatic heterocycles. The molecule has 2 aromatic rings. The van der Waals surface area contributed by atoms with E-state index < -0.39 is 4.75 Å². The van der Waals surface area contributed by atoms with Crippen molar-refractivity contribution in [3.05, 3.63) is 64.6 Å². The molecule has 0 radical (unpaired) electrons. The zero-order valence-corrected chi connectivity index (χ0v) is 12.6. The van der Waals surface area contributed by atoms with Crippen molar-refractivity contribution in [3.63, 3.8) is 0 Å². The molecular weight excluding hydrogens is 286 g/mol. The maximum atomic E-state index is 11.0. The zero-order chi connectivity index (χ0) is 15.3. The van der Waals surface area contributed by atoms with Gasteiger partial charge in [0.15, 0.2) is 0 Å². The van der Waals surface area contributed by atoms with Crippen LogP contribution in [0, 0.1) is 10.8 Å². The van der Waals surface area contributed by atoms with Gasteiger partial charge in [-0.2, -0.15) is 0 Å². The lowest BCUT2D eigenvalue weighted by molar-refractivity contribution is 0.112. The third-order valence-electron chi connectivity index (χ3n) is 3.46. The smallest absolute Gasteiger partial charge is 0.150 e.